The number of hydrogen-bond donors (Lipinski definition) is 1. The molecule has 1 aliphatic rings. The molecule has 1 unspecified atom stereocenters. The number of piperidine rings is 1. The lowest BCUT2D eigenvalue weighted by molar-refractivity contribution is 0.407. The second-order valence-corrected chi connectivity index (χ2v) is 4.44. The molecule has 0 bridgehead atoms. The molecule has 1 saturated heterocycles. The predicted molar refractivity (Wildman–Crippen MR) is 62.8 cm³/mol. The molecule has 1 aromatic rings. The van der Waals surface area contributed by atoms with Crippen LogP contribution < -0.4 is 10.1 Å². The van der Waals surface area contributed by atoms with Crippen molar-refractivity contribution in [1.29, 1.82) is 0 Å². The molecular weight excluding hydrogens is 229 g/mol. The highest BCUT2D eigenvalue weighted by Crippen LogP contribution is 2.33. The average Bonchev–Trinajstić information content (AvgIpc) is 2.33. The number of hydrogen-bond acceptors (Lipinski definition) is 2. The minimum Gasteiger partial charge on any atom is -0.495 e. The van der Waals surface area contributed by atoms with E-state index in [1.807, 2.05) is 6.07 Å². The van der Waals surface area contributed by atoms with Gasteiger partial charge in [0.1, 0.15) is 16.6 Å². The van der Waals surface area contributed by atoms with Gasteiger partial charge in [-0.3, -0.25) is 0 Å². The van der Waals surface area contributed by atoms with E-state index in [1.165, 1.54) is 13.2 Å². The summed E-state index contributed by atoms with van der Waals surface area (Å²) < 4.78 is 18.6. The van der Waals surface area contributed by atoms with Gasteiger partial charge < -0.3 is 10.1 Å². The van der Waals surface area contributed by atoms with Gasteiger partial charge in [0.05, 0.1) is 7.11 Å². The molecule has 2 rings (SSSR count). The van der Waals surface area contributed by atoms with Crippen molar-refractivity contribution in [3.8, 4) is 5.75 Å². The molecule has 0 aliphatic carbocycles. The molecule has 1 atom stereocenters. The SMILES string of the molecule is COc1cc(C2CCCNC2)cc(F)c1Cl. The van der Waals surface area contributed by atoms with Crippen LogP contribution in [0.4, 0.5) is 4.39 Å². The first-order valence-corrected chi connectivity index (χ1v) is 5.84. The van der Waals surface area contributed by atoms with Crippen molar-refractivity contribution < 1.29 is 9.13 Å². The first kappa shape index (κ1) is 11.7. The Morgan fingerprint density at radius 2 is 2.31 bits per heavy atom. The van der Waals surface area contributed by atoms with Crippen LogP contribution in [0.1, 0.15) is 24.3 Å². The molecule has 1 aromatic carbocycles. The number of benzene rings is 1. The zero-order valence-corrected chi connectivity index (χ0v) is 9.98. The summed E-state index contributed by atoms with van der Waals surface area (Å²) in [7, 11) is 1.50. The normalized spacial score (nSPS) is 20.8. The van der Waals surface area contributed by atoms with Crippen molar-refractivity contribution in [2.45, 2.75) is 18.8 Å². The highest BCUT2D eigenvalue weighted by molar-refractivity contribution is 6.32. The summed E-state index contributed by atoms with van der Waals surface area (Å²) in [4.78, 5) is 0. The molecule has 88 valence electrons. The third-order valence-electron chi connectivity index (χ3n) is 3.01. The summed E-state index contributed by atoms with van der Waals surface area (Å²) in [5, 5.41) is 3.37. The van der Waals surface area contributed by atoms with Crippen molar-refractivity contribution in [1.82, 2.24) is 5.32 Å². The van der Waals surface area contributed by atoms with Gasteiger partial charge in [0, 0.05) is 6.54 Å². The van der Waals surface area contributed by atoms with E-state index in [9.17, 15) is 4.39 Å². The van der Waals surface area contributed by atoms with Gasteiger partial charge in [-0.15, -0.1) is 0 Å². The molecule has 1 heterocycles. The fourth-order valence-electron chi connectivity index (χ4n) is 2.10. The Kier molecular flexibility index (Phi) is 3.66. The molecule has 1 N–H and O–H groups in total. The maximum atomic E-state index is 13.5. The van der Waals surface area contributed by atoms with Crippen LogP contribution in [0.2, 0.25) is 5.02 Å². The number of ether oxygens (including phenoxy) is 1. The third-order valence-corrected chi connectivity index (χ3v) is 3.37. The monoisotopic (exact) mass is 243 g/mol. The van der Waals surface area contributed by atoms with Gasteiger partial charge in [0.2, 0.25) is 0 Å². The van der Waals surface area contributed by atoms with E-state index in [0.717, 1.165) is 31.5 Å². The Labute approximate surface area is 99.7 Å². The van der Waals surface area contributed by atoms with Crippen LogP contribution in [-0.2, 0) is 0 Å². The van der Waals surface area contributed by atoms with E-state index in [4.69, 9.17) is 16.3 Å². The first-order chi connectivity index (χ1) is 7.72. The van der Waals surface area contributed by atoms with Crippen LogP contribution >= 0.6 is 11.6 Å². The fraction of sp³-hybridized carbons (Fsp3) is 0.500. The smallest absolute Gasteiger partial charge is 0.145 e. The zero-order valence-electron chi connectivity index (χ0n) is 9.22. The van der Waals surface area contributed by atoms with Gasteiger partial charge in [-0.25, -0.2) is 4.39 Å². The lowest BCUT2D eigenvalue weighted by Crippen LogP contribution is -2.28. The Morgan fingerprint density at radius 3 is 2.94 bits per heavy atom. The number of methoxy groups -OCH3 is 1. The van der Waals surface area contributed by atoms with E-state index < -0.39 is 5.82 Å². The molecule has 4 heteroatoms. The Hall–Kier alpha value is -0.800. The number of nitrogens with one attached hydrogen (secondary N) is 1. The molecule has 1 fully saturated rings. The third kappa shape index (κ3) is 2.30. The van der Waals surface area contributed by atoms with Crippen molar-refractivity contribution in [3.63, 3.8) is 0 Å². The molecule has 0 radical (unpaired) electrons. The fourth-order valence-corrected chi connectivity index (χ4v) is 2.29. The summed E-state index contributed by atoms with van der Waals surface area (Å²) in [6, 6.07) is 3.35. The Bertz CT molecular complexity index is 378. The second-order valence-electron chi connectivity index (χ2n) is 4.06. The first-order valence-electron chi connectivity index (χ1n) is 5.46. The van der Waals surface area contributed by atoms with E-state index in [1.54, 1.807) is 0 Å². The minimum atomic E-state index is -0.401. The largest absolute Gasteiger partial charge is 0.495 e. The highest BCUT2D eigenvalue weighted by Gasteiger charge is 2.18. The van der Waals surface area contributed by atoms with Crippen LogP contribution in [0.15, 0.2) is 12.1 Å². The van der Waals surface area contributed by atoms with Crippen LogP contribution in [-0.4, -0.2) is 20.2 Å². The predicted octanol–water partition coefficient (Wildman–Crippen LogP) is 2.95. The molecule has 0 aromatic heterocycles. The van der Waals surface area contributed by atoms with Gasteiger partial charge >= 0.3 is 0 Å². The molecule has 2 nitrogen and oxygen atoms in total. The summed E-state index contributed by atoms with van der Waals surface area (Å²) in [5.41, 5.74) is 0.964. The number of halogens is 2. The molecule has 16 heavy (non-hydrogen) atoms. The van der Waals surface area contributed by atoms with Gasteiger partial charge in [0.25, 0.3) is 0 Å². The van der Waals surface area contributed by atoms with Crippen molar-refractivity contribution in [2.75, 3.05) is 20.2 Å². The lowest BCUT2D eigenvalue weighted by Gasteiger charge is -2.23. The van der Waals surface area contributed by atoms with Crippen molar-refractivity contribution >= 4 is 11.6 Å². The zero-order chi connectivity index (χ0) is 11.5. The lowest BCUT2D eigenvalue weighted by atomic mass is 9.91. The Morgan fingerprint density at radius 1 is 1.50 bits per heavy atom. The Balaban J connectivity index is 2.29. The quantitative estimate of drug-likeness (QED) is 0.862. The maximum Gasteiger partial charge on any atom is 0.145 e. The molecule has 0 spiro atoms. The van der Waals surface area contributed by atoms with E-state index in [2.05, 4.69) is 5.32 Å². The highest BCUT2D eigenvalue weighted by atomic mass is 35.5. The summed E-state index contributed by atoms with van der Waals surface area (Å²) in [6.45, 7) is 1.94. The van der Waals surface area contributed by atoms with Crippen LogP contribution in [0.5, 0.6) is 5.75 Å². The topological polar surface area (TPSA) is 21.3 Å². The van der Waals surface area contributed by atoms with E-state index in [-0.39, 0.29) is 5.02 Å². The molecular formula is C12H15ClFNO. The average molecular weight is 244 g/mol. The van der Waals surface area contributed by atoms with Crippen LogP contribution in [0.25, 0.3) is 0 Å². The summed E-state index contributed by atoms with van der Waals surface area (Å²) in [5.74, 6) is 0.373. The minimum absolute atomic E-state index is 0.0648. The van der Waals surface area contributed by atoms with Gasteiger partial charge in [0.15, 0.2) is 0 Å². The van der Waals surface area contributed by atoms with E-state index >= 15 is 0 Å². The molecule has 0 saturated carbocycles. The van der Waals surface area contributed by atoms with Crippen molar-refractivity contribution in [3.05, 3.63) is 28.5 Å². The molecule has 1 aliphatic heterocycles. The summed E-state index contributed by atoms with van der Waals surface area (Å²) >= 11 is 5.79. The number of rotatable bonds is 2. The van der Waals surface area contributed by atoms with Crippen molar-refractivity contribution in [2.24, 2.45) is 0 Å². The van der Waals surface area contributed by atoms with Gasteiger partial charge in [-0.2, -0.15) is 0 Å². The van der Waals surface area contributed by atoms with Crippen LogP contribution in [0.3, 0.4) is 0 Å². The molecule has 0 amide bonds. The van der Waals surface area contributed by atoms with Gasteiger partial charge in [-0.1, -0.05) is 11.6 Å². The second kappa shape index (κ2) is 5.02. The standard InChI is InChI=1S/C12H15ClFNO/c1-16-11-6-9(5-10(14)12(11)13)8-3-2-4-15-7-8/h5-6,8,15H,2-4,7H2,1H3. The maximum absolute atomic E-state index is 13.5. The summed E-state index contributed by atoms with van der Waals surface area (Å²) in [6.07, 6.45) is 2.20. The van der Waals surface area contributed by atoms with Crippen LogP contribution in [0, 0.1) is 5.82 Å². The van der Waals surface area contributed by atoms with Gasteiger partial charge in [-0.05, 0) is 43.0 Å². The van der Waals surface area contributed by atoms with E-state index in [0.29, 0.717) is 11.7 Å².